The fourth-order valence-corrected chi connectivity index (χ4v) is 1.96. The number of aryl methyl sites for hydroxylation is 1. The van der Waals surface area contributed by atoms with E-state index in [2.05, 4.69) is 47.8 Å². The molecule has 3 nitrogen and oxygen atoms in total. The van der Waals surface area contributed by atoms with Gasteiger partial charge in [0, 0.05) is 11.6 Å². The van der Waals surface area contributed by atoms with Gasteiger partial charge in [-0.1, -0.05) is 32.0 Å². The van der Waals surface area contributed by atoms with E-state index in [0.717, 1.165) is 36.4 Å². The first-order valence-corrected chi connectivity index (χ1v) is 6.18. The van der Waals surface area contributed by atoms with Crippen molar-refractivity contribution >= 4 is 35.7 Å². The van der Waals surface area contributed by atoms with Gasteiger partial charge in [-0.25, -0.2) is 9.97 Å². The first-order valence-electron chi connectivity index (χ1n) is 6.18. The number of aromatic nitrogens is 2. The summed E-state index contributed by atoms with van der Waals surface area (Å²) in [7, 11) is 0. The van der Waals surface area contributed by atoms with E-state index in [0.29, 0.717) is 0 Å². The van der Waals surface area contributed by atoms with Crippen molar-refractivity contribution in [3.05, 3.63) is 35.8 Å². The van der Waals surface area contributed by atoms with Crippen LogP contribution in [0.4, 0.5) is 0 Å². The van der Waals surface area contributed by atoms with Crippen LogP contribution in [0.1, 0.15) is 25.2 Å². The molecule has 19 heavy (non-hydrogen) atoms. The molecule has 1 heterocycles. The van der Waals surface area contributed by atoms with Crippen molar-refractivity contribution in [1.82, 2.24) is 14.9 Å². The van der Waals surface area contributed by atoms with E-state index in [4.69, 9.17) is 0 Å². The predicted molar refractivity (Wildman–Crippen MR) is 85.4 cm³/mol. The second-order valence-electron chi connectivity index (χ2n) is 4.26. The number of rotatable bonds is 4. The highest BCUT2D eigenvalue weighted by atomic mass is 35.5. The molecular formula is C14H21Cl2N3. The zero-order valence-electron chi connectivity index (χ0n) is 11.6. The van der Waals surface area contributed by atoms with Gasteiger partial charge in [0.15, 0.2) is 0 Å². The molecule has 2 aromatic rings. The minimum atomic E-state index is 0. The standard InChI is InChI=1S/C14H19N3.2ClH/c1-4-17(5-2)10-13-15-9-12-8-6-7-11(3)14(12)16-13;;/h6-9H,4-5,10H2,1-3H3;2*1H. The molecule has 0 unspecified atom stereocenters. The molecular weight excluding hydrogens is 281 g/mol. The molecule has 0 saturated heterocycles. The number of halogens is 2. The van der Waals surface area contributed by atoms with E-state index in [1.54, 1.807) is 0 Å². The SMILES string of the molecule is CCN(CC)Cc1ncc2cccc(C)c2n1.Cl.Cl. The van der Waals surface area contributed by atoms with Crippen LogP contribution in [-0.2, 0) is 6.54 Å². The summed E-state index contributed by atoms with van der Waals surface area (Å²) in [6.07, 6.45) is 1.92. The van der Waals surface area contributed by atoms with Gasteiger partial charge in [0.1, 0.15) is 5.82 Å². The molecule has 0 spiro atoms. The summed E-state index contributed by atoms with van der Waals surface area (Å²) in [6, 6.07) is 6.20. The van der Waals surface area contributed by atoms with E-state index < -0.39 is 0 Å². The van der Waals surface area contributed by atoms with Gasteiger partial charge in [0.25, 0.3) is 0 Å². The molecule has 0 bridgehead atoms. The van der Waals surface area contributed by atoms with Gasteiger partial charge in [0.05, 0.1) is 12.1 Å². The summed E-state index contributed by atoms with van der Waals surface area (Å²) >= 11 is 0. The Morgan fingerprint density at radius 1 is 1.11 bits per heavy atom. The van der Waals surface area contributed by atoms with Crippen LogP contribution in [0.2, 0.25) is 0 Å². The summed E-state index contributed by atoms with van der Waals surface area (Å²) in [4.78, 5) is 11.4. The van der Waals surface area contributed by atoms with Crippen molar-refractivity contribution < 1.29 is 0 Å². The van der Waals surface area contributed by atoms with Gasteiger partial charge in [0.2, 0.25) is 0 Å². The maximum Gasteiger partial charge on any atom is 0.142 e. The van der Waals surface area contributed by atoms with Crippen LogP contribution in [-0.4, -0.2) is 28.0 Å². The maximum atomic E-state index is 4.66. The number of hydrogen-bond acceptors (Lipinski definition) is 3. The number of fused-ring (bicyclic) bond motifs is 1. The lowest BCUT2D eigenvalue weighted by Gasteiger charge is -2.16. The van der Waals surface area contributed by atoms with Crippen LogP contribution in [0, 0.1) is 6.92 Å². The summed E-state index contributed by atoms with van der Waals surface area (Å²) < 4.78 is 0. The van der Waals surface area contributed by atoms with E-state index in [1.165, 1.54) is 5.56 Å². The van der Waals surface area contributed by atoms with Gasteiger partial charge < -0.3 is 0 Å². The fraction of sp³-hybridized carbons (Fsp3) is 0.429. The van der Waals surface area contributed by atoms with Crippen LogP contribution in [0.3, 0.4) is 0 Å². The third kappa shape index (κ3) is 4.30. The average Bonchev–Trinajstić information content (AvgIpc) is 2.37. The molecule has 0 fully saturated rings. The van der Waals surface area contributed by atoms with Crippen molar-refractivity contribution in [2.75, 3.05) is 13.1 Å². The number of para-hydroxylation sites is 1. The van der Waals surface area contributed by atoms with Crippen molar-refractivity contribution in [2.24, 2.45) is 0 Å². The minimum Gasteiger partial charge on any atom is -0.296 e. The van der Waals surface area contributed by atoms with Gasteiger partial charge in [-0.2, -0.15) is 0 Å². The number of nitrogens with zero attached hydrogens (tertiary/aromatic N) is 3. The van der Waals surface area contributed by atoms with Gasteiger partial charge in [-0.15, -0.1) is 24.8 Å². The van der Waals surface area contributed by atoms with Crippen LogP contribution < -0.4 is 0 Å². The lowest BCUT2D eigenvalue weighted by molar-refractivity contribution is 0.288. The van der Waals surface area contributed by atoms with Crippen LogP contribution in [0.5, 0.6) is 0 Å². The molecule has 0 amide bonds. The topological polar surface area (TPSA) is 29.0 Å². The van der Waals surface area contributed by atoms with Crippen molar-refractivity contribution in [2.45, 2.75) is 27.3 Å². The minimum absolute atomic E-state index is 0. The lowest BCUT2D eigenvalue weighted by atomic mass is 10.1. The Kier molecular flexibility index (Phi) is 7.91. The van der Waals surface area contributed by atoms with Gasteiger partial charge in [-0.05, 0) is 25.6 Å². The average molecular weight is 302 g/mol. The summed E-state index contributed by atoms with van der Waals surface area (Å²) in [5.74, 6) is 0.913. The quantitative estimate of drug-likeness (QED) is 0.863. The predicted octanol–water partition coefficient (Wildman–Crippen LogP) is 3.62. The third-order valence-corrected chi connectivity index (χ3v) is 3.12. The molecule has 0 aliphatic heterocycles. The molecule has 0 aliphatic rings. The number of hydrogen-bond donors (Lipinski definition) is 0. The molecule has 106 valence electrons. The third-order valence-electron chi connectivity index (χ3n) is 3.12. The normalized spacial score (nSPS) is 10.1. The molecule has 0 N–H and O–H groups in total. The Hall–Kier alpha value is -0.900. The zero-order chi connectivity index (χ0) is 12.3. The Balaban J connectivity index is 0.00000162. The van der Waals surface area contributed by atoms with Crippen molar-refractivity contribution in [3.8, 4) is 0 Å². The monoisotopic (exact) mass is 301 g/mol. The van der Waals surface area contributed by atoms with E-state index >= 15 is 0 Å². The lowest BCUT2D eigenvalue weighted by Crippen LogP contribution is -2.23. The Bertz CT molecular complexity index is 513. The molecule has 1 aromatic carbocycles. The fourth-order valence-electron chi connectivity index (χ4n) is 1.96. The second-order valence-corrected chi connectivity index (χ2v) is 4.26. The molecule has 0 radical (unpaired) electrons. The summed E-state index contributed by atoms with van der Waals surface area (Å²) in [5.41, 5.74) is 2.29. The Labute approximate surface area is 127 Å². The van der Waals surface area contributed by atoms with E-state index in [-0.39, 0.29) is 24.8 Å². The first kappa shape index (κ1) is 18.1. The number of benzene rings is 1. The van der Waals surface area contributed by atoms with Gasteiger partial charge >= 0.3 is 0 Å². The highest BCUT2D eigenvalue weighted by Crippen LogP contribution is 2.15. The summed E-state index contributed by atoms with van der Waals surface area (Å²) in [6.45, 7) is 9.32. The van der Waals surface area contributed by atoms with E-state index in [1.807, 2.05) is 12.3 Å². The van der Waals surface area contributed by atoms with Crippen LogP contribution >= 0.6 is 24.8 Å². The van der Waals surface area contributed by atoms with Crippen LogP contribution in [0.15, 0.2) is 24.4 Å². The smallest absolute Gasteiger partial charge is 0.142 e. The van der Waals surface area contributed by atoms with Crippen molar-refractivity contribution in [1.29, 1.82) is 0 Å². The molecule has 0 aliphatic carbocycles. The van der Waals surface area contributed by atoms with Crippen LogP contribution in [0.25, 0.3) is 10.9 Å². The van der Waals surface area contributed by atoms with Gasteiger partial charge in [-0.3, -0.25) is 4.90 Å². The van der Waals surface area contributed by atoms with E-state index in [9.17, 15) is 0 Å². The first-order chi connectivity index (χ1) is 8.24. The highest BCUT2D eigenvalue weighted by molar-refractivity contribution is 5.85. The highest BCUT2D eigenvalue weighted by Gasteiger charge is 2.05. The molecule has 2 rings (SSSR count). The maximum absolute atomic E-state index is 4.66. The molecule has 1 aromatic heterocycles. The Morgan fingerprint density at radius 3 is 2.42 bits per heavy atom. The molecule has 5 heteroatoms. The zero-order valence-corrected chi connectivity index (χ0v) is 13.2. The molecule has 0 atom stereocenters. The largest absolute Gasteiger partial charge is 0.296 e. The molecule has 0 saturated carbocycles. The second kappa shape index (κ2) is 8.31. The Morgan fingerprint density at radius 2 is 1.79 bits per heavy atom. The van der Waals surface area contributed by atoms with Crippen molar-refractivity contribution in [3.63, 3.8) is 0 Å². The summed E-state index contributed by atoms with van der Waals surface area (Å²) in [5, 5.41) is 1.12.